The Bertz CT molecular complexity index is 203. The summed E-state index contributed by atoms with van der Waals surface area (Å²) in [6, 6.07) is 0. The van der Waals surface area contributed by atoms with Crippen LogP contribution in [0.3, 0.4) is 0 Å². The van der Waals surface area contributed by atoms with Gasteiger partial charge in [0.1, 0.15) is 0 Å². The van der Waals surface area contributed by atoms with E-state index in [-0.39, 0.29) is 0 Å². The summed E-state index contributed by atoms with van der Waals surface area (Å²) in [5, 5.41) is 0. The van der Waals surface area contributed by atoms with E-state index >= 15 is 0 Å². The molecule has 4 nitrogen and oxygen atoms in total. The van der Waals surface area contributed by atoms with Crippen molar-refractivity contribution < 1.29 is 9.47 Å². The second-order valence-electron chi connectivity index (χ2n) is 5.96. The highest BCUT2D eigenvalue weighted by molar-refractivity contribution is 4.66. The van der Waals surface area contributed by atoms with E-state index in [4.69, 9.17) is 15.2 Å². The number of hydrogen-bond donors (Lipinski definition) is 1. The second kappa shape index (κ2) is 14.8. The Kier molecular flexibility index (Phi) is 14.7. The van der Waals surface area contributed by atoms with Crippen LogP contribution in [0.4, 0.5) is 0 Å². The van der Waals surface area contributed by atoms with Crippen molar-refractivity contribution in [3.8, 4) is 0 Å². The summed E-state index contributed by atoms with van der Waals surface area (Å²) < 4.78 is 11.0. The number of rotatable bonds is 15. The van der Waals surface area contributed by atoms with Crippen molar-refractivity contribution in [2.45, 2.75) is 47.0 Å². The van der Waals surface area contributed by atoms with Crippen LogP contribution in [0.5, 0.6) is 0 Å². The van der Waals surface area contributed by atoms with Gasteiger partial charge in [0.05, 0.1) is 13.2 Å². The predicted molar refractivity (Wildman–Crippen MR) is 90.7 cm³/mol. The summed E-state index contributed by atoms with van der Waals surface area (Å²) in [4.78, 5) is 2.46. The third-order valence-electron chi connectivity index (χ3n) is 4.04. The first-order chi connectivity index (χ1) is 10.2. The highest BCUT2D eigenvalue weighted by Gasteiger charge is 2.13. The van der Waals surface area contributed by atoms with E-state index in [1.54, 1.807) is 0 Å². The first-order valence-corrected chi connectivity index (χ1v) is 8.73. The zero-order valence-corrected chi connectivity index (χ0v) is 14.8. The Morgan fingerprint density at radius 3 is 1.90 bits per heavy atom. The Balaban J connectivity index is 4.00. The Hall–Kier alpha value is -0.160. The lowest BCUT2D eigenvalue weighted by Gasteiger charge is -2.25. The van der Waals surface area contributed by atoms with Crippen molar-refractivity contribution in [2.24, 2.45) is 17.6 Å². The van der Waals surface area contributed by atoms with Crippen molar-refractivity contribution in [3.63, 3.8) is 0 Å². The van der Waals surface area contributed by atoms with Gasteiger partial charge in [0.2, 0.25) is 0 Å². The van der Waals surface area contributed by atoms with E-state index in [1.807, 2.05) is 13.8 Å². The first-order valence-electron chi connectivity index (χ1n) is 8.73. The molecule has 0 aromatic carbocycles. The zero-order valence-electron chi connectivity index (χ0n) is 14.8. The summed E-state index contributed by atoms with van der Waals surface area (Å²) in [5.74, 6) is 1.49. The van der Waals surface area contributed by atoms with Gasteiger partial charge in [-0.3, -0.25) is 4.90 Å². The molecule has 0 rings (SSSR count). The molecular weight excluding hydrogens is 264 g/mol. The lowest BCUT2D eigenvalue weighted by molar-refractivity contribution is 0.0811. The molecule has 2 N–H and O–H groups in total. The van der Waals surface area contributed by atoms with Crippen LogP contribution in [-0.2, 0) is 9.47 Å². The van der Waals surface area contributed by atoms with Crippen LogP contribution in [0.2, 0.25) is 0 Å². The molecule has 21 heavy (non-hydrogen) atoms. The van der Waals surface area contributed by atoms with E-state index in [1.165, 1.54) is 12.8 Å². The third kappa shape index (κ3) is 12.1. The summed E-state index contributed by atoms with van der Waals surface area (Å²) in [6.45, 7) is 15.9. The summed E-state index contributed by atoms with van der Waals surface area (Å²) in [6.07, 6.45) is 3.66. The minimum Gasteiger partial charge on any atom is -0.380 e. The molecule has 0 aromatic heterocycles. The molecule has 0 heterocycles. The van der Waals surface area contributed by atoms with Crippen LogP contribution in [-0.4, -0.2) is 57.5 Å². The molecule has 0 aliphatic rings. The van der Waals surface area contributed by atoms with Crippen molar-refractivity contribution in [1.82, 2.24) is 4.90 Å². The predicted octanol–water partition coefficient (Wildman–Crippen LogP) is 2.76. The molecule has 0 saturated heterocycles. The maximum absolute atomic E-state index is 5.72. The molecule has 0 spiro atoms. The average Bonchev–Trinajstić information content (AvgIpc) is 2.46. The molecule has 0 aromatic rings. The Labute approximate surface area is 132 Å². The van der Waals surface area contributed by atoms with Crippen molar-refractivity contribution in [3.05, 3.63) is 0 Å². The van der Waals surface area contributed by atoms with Gasteiger partial charge >= 0.3 is 0 Å². The van der Waals surface area contributed by atoms with Gasteiger partial charge < -0.3 is 15.2 Å². The standard InChI is InChI=1S/C17H38N2O2/c1-5-20-14-12-19(13-15-21-6-2)11-7-8-17(9-10-18)16(3)4/h16-17H,5-15,18H2,1-4H3. The van der Waals surface area contributed by atoms with Gasteiger partial charge in [0, 0.05) is 26.3 Å². The van der Waals surface area contributed by atoms with Crippen molar-refractivity contribution in [1.29, 1.82) is 0 Å². The van der Waals surface area contributed by atoms with E-state index in [2.05, 4.69) is 18.7 Å². The Morgan fingerprint density at radius 2 is 1.48 bits per heavy atom. The van der Waals surface area contributed by atoms with Gasteiger partial charge in [0.25, 0.3) is 0 Å². The van der Waals surface area contributed by atoms with Gasteiger partial charge in [-0.2, -0.15) is 0 Å². The maximum Gasteiger partial charge on any atom is 0.0593 e. The molecule has 128 valence electrons. The zero-order chi connectivity index (χ0) is 15.9. The minimum absolute atomic E-state index is 0.730. The molecule has 0 amide bonds. The monoisotopic (exact) mass is 302 g/mol. The van der Waals surface area contributed by atoms with Gasteiger partial charge in [-0.15, -0.1) is 0 Å². The van der Waals surface area contributed by atoms with E-state index in [9.17, 15) is 0 Å². The largest absolute Gasteiger partial charge is 0.380 e. The topological polar surface area (TPSA) is 47.7 Å². The van der Waals surface area contributed by atoms with Crippen LogP contribution >= 0.6 is 0 Å². The summed E-state index contributed by atoms with van der Waals surface area (Å²) >= 11 is 0. The first kappa shape index (κ1) is 20.8. The van der Waals surface area contributed by atoms with Crippen LogP contribution in [0.25, 0.3) is 0 Å². The van der Waals surface area contributed by atoms with Crippen LogP contribution in [0, 0.1) is 11.8 Å². The van der Waals surface area contributed by atoms with E-state index < -0.39 is 0 Å². The molecule has 0 radical (unpaired) electrons. The fraction of sp³-hybridized carbons (Fsp3) is 1.00. The quantitative estimate of drug-likeness (QED) is 0.473. The molecule has 0 saturated carbocycles. The molecule has 1 unspecified atom stereocenters. The van der Waals surface area contributed by atoms with Crippen LogP contribution in [0.1, 0.15) is 47.0 Å². The lowest BCUT2D eigenvalue weighted by Crippen LogP contribution is -2.32. The fourth-order valence-corrected chi connectivity index (χ4v) is 2.61. The minimum atomic E-state index is 0.730. The molecule has 0 fully saturated rings. The molecule has 0 aliphatic heterocycles. The SMILES string of the molecule is CCOCCN(CCCC(CCN)C(C)C)CCOCC. The average molecular weight is 303 g/mol. The van der Waals surface area contributed by atoms with Gasteiger partial charge in [-0.1, -0.05) is 13.8 Å². The second-order valence-corrected chi connectivity index (χ2v) is 5.96. The van der Waals surface area contributed by atoms with Gasteiger partial charge in [-0.25, -0.2) is 0 Å². The third-order valence-corrected chi connectivity index (χ3v) is 4.04. The molecular formula is C17H38N2O2. The maximum atomic E-state index is 5.72. The number of nitrogens with zero attached hydrogens (tertiary/aromatic N) is 1. The highest BCUT2D eigenvalue weighted by atomic mass is 16.5. The lowest BCUT2D eigenvalue weighted by atomic mass is 9.88. The van der Waals surface area contributed by atoms with Crippen molar-refractivity contribution >= 4 is 0 Å². The van der Waals surface area contributed by atoms with Gasteiger partial charge in [-0.05, 0) is 58.0 Å². The van der Waals surface area contributed by atoms with E-state index in [0.717, 1.165) is 70.9 Å². The number of nitrogens with two attached hydrogens (primary N) is 1. The molecule has 1 atom stereocenters. The fourth-order valence-electron chi connectivity index (χ4n) is 2.61. The van der Waals surface area contributed by atoms with Crippen LogP contribution < -0.4 is 5.73 Å². The van der Waals surface area contributed by atoms with E-state index in [0.29, 0.717) is 0 Å². The molecule has 4 heteroatoms. The van der Waals surface area contributed by atoms with Crippen LogP contribution in [0.15, 0.2) is 0 Å². The normalized spacial score (nSPS) is 13.3. The number of hydrogen-bond acceptors (Lipinski definition) is 4. The number of ether oxygens (including phenoxy) is 2. The molecule has 0 bridgehead atoms. The summed E-state index contributed by atoms with van der Waals surface area (Å²) in [7, 11) is 0. The smallest absolute Gasteiger partial charge is 0.0593 e. The van der Waals surface area contributed by atoms with Crippen molar-refractivity contribution in [2.75, 3.05) is 52.6 Å². The van der Waals surface area contributed by atoms with Gasteiger partial charge in [0.15, 0.2) is 0 Å². The summed E-state index contributed by atoms with van der Waals surface area (Å²) in [5.41, 5.74) is 5.72. The molecule has 0 aliphatic carbocycles. The Morgan fingerprint density at radius 1 is 0.905 bits per heavy atom. The highest BCUT2D eigenvalue weighted by Crippen LogP contribution is 2.20.